The highest BCUT2D eigenvalue weighted by molar-refractivity contribution is 5.92. The molecule has 3 aromatic rings. The molecule has 2 saturated carbocycles. The number of halogens is 4. The third-order valence-electron chi connectivity index (χ3n) is 8.54. The Bertz CT molecular complexity index is 1460. The molecule has 4 heterocycles. The van der Waals surface area contributed by atoms with Gasteiger partial charge in [-0.2, -0.15) is 10.2 Å². The number of rotatable bonds is 7. The van der Waals surface area contributed by atoms with Gasteiger partial charge in [0.15, 0.2) is 5.65 Å². The van der Waals surface area contributed by atoms with Crippen molar-refractivity contribution < 1.29 is 27.2 Å². The maximum atomic E-state index is 14.0. The van der Waals surface area contributed by atoms with Gasteiger partial charge in [0.1, 0.15) is 5.69 Å². The molecule has 0 bridgehead atoms. The quantitative estimate of drug-likeness (QED) is 0.410. The predicted octanol–water partition coefficient (Wildman–Crippen LogP) is 4.21. The van der Waals surface area contributed by atoms with E-state index >= 15 is 0 Å². The van der Waals surface area contributed by atoms with E-state index in [0.29, 0.717) is 22.6 Å². The first-order valence-electron chi connectivity index (χ1n) is 13.9. The smallest absolute Gasteiger partial charge is 0.317 e. The van der Waals surface area contributed by atoms with Crippen molar-refractivity contribution >= 4 is 17.6 Å². The SMILES string of the molecule is CC(C)n1nccc1C(=O)N[C@H](c1cn2ncc(CN3C[C@H]4[C@@H](CNC3=O)C4(F)F)cc2n1)C1CCC(F)(F)CC1. The number of hydrogen-bond donors (Lipinski definition) is 2. The average Bonchev–Trinajstić information content (AvgIpc) is 3.29. The maximum Gasteiger partial charge on any atom is 0.317 e. The largest absolute Gasteiger partial charge is 0.342 e. The summed E-state index contributed by atoms with van der Waals surface area (Å²) < 4.78 is 59.0. The molecule has 2 aliphatic carbocycles. The lowest BCUT2D eigenvalue weighted by molar-refractivity contribution is -0.0495. The maximum absolute atomic E-state index is 14.0. The summed E-state index contributed by atoms with van der Waals surface area (Å²) >= 11 is 0. The lowest BCUT2D eigenvalue weighted by atomic mass is 9.81. The zero-order valence-corrected chi connectivity index (χ0v) is 22.7. The van der Waals surface area contributed by atoms with Crippen molar-refractivity contribution in [2.45, 2.75) is 70.0 Å². The van der Waals surface area contributed by atoms with Crippen LogP contribution in [0, 0.1) is 17.8 Å². The molecule has 3 aliphatic rings. The van der Waals surface area contributed by atoms with Crippen LogP contribution in [0.3, 0.4) is 0 Å². The Morgan fingerprint density at radius 3 is 2.66 bits per heavy atom. The lowest BCUT2D eigenvalue weighted by Crippen LogP contribution is -2.40. The van der Waals surface area contributed by atoms with Gasteiger partial charge in [-0.05, 0) is 50.3 Å². The van der Waals surface area contributed by atoms with Crippen LogP contribution < -0.4 is 10.6 Å². The number of carbonyl (C=O) groups excluding carboxylic acids is 2. The molecule has 3 aromatic heterocycles. The average molecular weight is 577 g/mol. The molecule has 0 unspecified atom stereocenters. The Balaban J connectivity index is 1.25. The highest BCUT2D eigenvalue weighted by Gasteiger charge is 2.69. The zero-order chi connectivity index (χ0) is 29.1. The fourth-order valence-corrected chi connectivity index (χ4v) is 6.09. The van der Waals surface area contributed by atoms with Crippen LogP contribution in [0.2, 0.25) is 0 Å². The summed E-state index contributed by atoms with van der Waals surface area (Å²) in [6.07, 6.45) is 4.61. The van der Waals surface area contributed by atoms with Crippen LogP contribution in [0.15, 0.2) is 30.7 Å². The number of carbonyl (C=O) groups is 2. The van der Waals surface area contributed by atoms with E-state index in [1.807, 2.05) is 13.8 Å². The van der Waals surface area contributed by atoms with Gasteiger partial charge in [-0.1, -0.05) is 0 Å². The number of alkyl halides is 4. The molecule has 0 radical (unpaired) electrons. The van der Waals surface area contributed by atoms with Crippen molar-refractivity contribution in [2.24, 2.45) is 17.8 Å². The summed E-state index contributed by atoms with van der Waals surface area (Å²) in [6, 6.07) is 2.20. The molecule has 0 aromatic carbocycles. The van der Waals surface area contributed by atoms with Crippen LogP contribution >= 0.6 is 0 Å². The molecular formula is C27H32F4N8O2. The summed E-state index contributed by atoms with van der Waals surface area (Å²) in [5.74, 6) is -7.87. The fourth-order valence-electron chi connectivity index (χ4n) is 6.09. The molecule has 3 fully saturated rings. The minimum Gasteiger partial charge on any atom is -0.342 e. The van der Waals surface area contributed by atoms with Crippen LogP contribution in [0.5, 0.6) is 0 Å². The molecule has 3 atom stereocenters. The van der Waals surface area contributed by atoms with Crippen LogP contribution in [0.4, 0.5) is 22.4 Å². The molecular weight excluding hydrogens is 544 g/mol. The van der Waals surface area contributed by atoms with Gasteiger partial charge in [0, 0.05) is 44.7 Å². The van der Waals surface area contributed by atoms with Crippen molar-refractivity contribution in [2.75, 3.05) is 13.1 Å². The van der Waals surface area contributed by atoms with E-state index in [4.69, 9.17) is 4.98 Å². The van der Waals surface area contributed by atoms with Crippen LogP contribution in [0.25, 0.3) is 5.65 Å². The fraction of sp³-hybridized carbons (Fsp3) is 0.593. The number of amides is 3. The van der Waals surface area contributed by atoms with E-state index in [1.165, 1.54) is 21.8 Å². The standard InChI is InChI=1S/C27H32F4N8O2/c1-15(2)39-21(5-8-33-39)24(40)36-23(17-3-6-26(28,29)7-4-17)20-14-38-22(35-20)9-16(10-34-38)12-37-13-19-18(27(19,30)31)11-32-25(37)41/h5,8-10,14-15,17-19,23H,3-4,6-7,11-13H2,1-2H3,(H,32,41)(H,36,40)/t18-,19+,23+/m1/s1. The Hall–Kier alpha value is -3.71. The van der Waals surface area contributed by atoms with Gasteiger partial charge in [-0.3, -0.25) is 9.48 Å². The van der Waals surface area contributed by atoms with Gasteiger partial charge < -0.3 is 15.5 Å². The van der Waals surface area contributed by atoms with Gasteiger partial charge >= 0.3 is 6.03 Å². The minimum absolute atomic E-state index is 0.0495. The topological polar surface area (TPSA) is 109 Å². The predicted molar refractivity (Wildman–Crippen MR) is 138 cm³/mol. The minimum atomic E-state index is -2.78. The Kier molecular flexibility index (Phi) is 6.68. The number of hydrogen-bond acceptors (Lipinski definition) is 5. The molecule has 41 heavy (non-hydrogen) atoms. The van der Waals surface area contributed by atoms with Gasteiger partial charge in [-0.15, -0.1) is 0 Å². The zero-order valence-electron chi connectivity index (χ0n) is 22.7. The molecule has 10 nitrogen and oxygen atoms in total. The molecule has 1 saturated heterocycles. The number of nitrogens with one attached hydrogen (secondary N) is 2. The van der Waals surface area contributed by atoms with Crippen LogP contribution in [-0.4, -0.2) is 66.2 Å². The summed E-state index contributed by atoms with van der Waals surface area (Å²) in [4.78, 5) is 31.9. The van der Waals surface area contributed by atoms with Gasteiger partial charge in [0.2, 0.25) is 5.92 Å². The highest BCUT2D eigenvalue weighted by Crippen LogP contribution is 2.55. The van der Waals surface area contributed by atoms with E-state index in [2.05, 4.69) is 20.8 Å². The second-order valence-electron chi connectivity index (χ2n) is 11.7. The normalized spacial score (nSPS) is 24.6. The van der Waals surface area contributed by atoms with E-state index in [-0.39, 0.29) is 63.2 Å². The molecule has 1 aliphatic heterocycles. The lowest BCUT2D eigenvalue weighted by Gasteiger charge is -2.33. The van der Waals surface area contributed by atoms with Gasteiger partial charge in [-0.25, -0.2) is 31.9 Å². The van der Waals surface area contributed by atoms with E-state index in [0.717, 1.165) is 0 Å². The number of imidazole rings is 1. The molecule has 3 amide bonds. The third-order valence-corrected chi connectivity index (χ3v) is 8.54. The van der Waals surface area contributed by atoms with Crippen LogP contribution in [0.1, 0.15) is 73.4 Å². The van der Waals surface area contributed by atoms with Crippen molar-refractivity contribution in [1.82, 2.24) is 39.9 Å². The Labute approximate surface area is 233 Å². The molecule has 0 spiro atoms. The summed E-state index contributed by atoms with van der Waals surface area (Å²) in [7, 11) is 0. The Morgan fingerprint density at radius 1 is 1.17 bits per heavy atom. The Morgan fingerprint density at radius 2 is 1.93 bits per heavy atom. The second-order valence-corrected chi connectivity index (χ2v) is 11.7. The number of urea groups is 1. The summed E-state index contributed by atoms with van der Waals surface area (Å²) in [5.41, 5.74) is 1.86. The monoisotopic (exact) mass is 576 g/mol. The van der Waals surface area contributed by atoms with Crippen molar-refractivity contribution in [1.29, 1.82) is 0 Å². The molecule has 6 rings (SSSR count). The first kappa shape index (κ1) is 27.5. The first-order chi connectivity index (χ1) is 19.4. The second kappa shape index (κ2) is 9.98. The highest BCUT2D eigenvalue weighted by atomic mass is 19.3. The van der Waals surface area contributed by atoms with E-state index < -0.39 is 35.8 Å². The number of fused-ring (bicyclic) bond motifs is 2. The van der Waals surface area contributed by atoms with E-state index in [1.54, 1.807) is 23.0 Å². The third kappa shape index (κ3) is 5.23. The number of aromatic nitrogens is 5. The van der Waals surface area contributed by atoms with Crippen molar-refractivity contribution in [3.63, 3.8) is 0 Å². The summed E-state index contributed by atoms with van der Waals surface area (Å²) in [5, 5.41) is 14.2. The first-order valence-corrected chi connectivity index (χ1v) is 13.9. The molecule has 220 valence electrons. The van der Waals surface area contributed by atoms with E-state index in [9.17, 15) is 27.2 Å². The van der Waals surface area contributed by atoms with Gasteiger partial charge in [0.05, 0.1) is 36.0 Å². The molecule has 2 N–H and O–H groups in total. The number of nitrogens with zero attached hydrogens (tertiary/aromatic N) is 6. The van der Waals surface area contributed by atoms with Crippen molar-refractivity contribution in [3.05, 3.63) is 47.7 Å². The van der Waals surface area contributed by atoms with Gasteiger partial charge in [0.25, 0.3) is 11.8 Å². The van der Waals surface area contributed by atoms with Crippen LogP contribution in [-0.2, 0) is 6.54 Å². The van der Waals surface area contributed by atoms with Crippen molar-refractivity contribution in [3.8, 4) is 0 Å². The molecule has 14 heteroatoms. The summed E-state index contributed by atoms with van der Waals surface area (Å²) in [6.45, 7) is 3.78.